The van der Waals surface area contributed by atoms with Crippen LogP contribution in [0.15, 0.2) is 6.07 Å². The molecule has 0 spiro atoms. The van der Waals surface area contributed by atoms with Crippen LogP contribution in [0, 0.1) is 6.92 Å². The topological polar surface area (TPSA) is 64.2 Å². The maximum Gasteiger partial charge on any atom is 0.272 e. The van der Waals surface area contributed by atoms with Crippen LogP contribution in [0.1, 0.15) is 35.4 Å². The lowest BCUT2D eigenvalue weighted by atomic mass is 10.3. The second kappa shape index (κ2) is 5.06. The minimum absolute atomic E-state index is 0.0249. The summed E-state index contributed by atoms with van der Waals surface area (Å²) in [5.74, 6) is 0.0249. The van der Waals surface area contributed by atoms with Crippen molar-refractivity contribution < 1.29 is 4.79 Å². The molecule has 1 amide bonds. The van der Waals surface area contributed by atoms with Crippen molar-refractivity contribution >= 4 is 23.1 Å². The summed E-state index contributed by atoms with van der Waals surface area (Å²) in [7, 11) is 1.79. The van der Waals surface area contributed by atoms with Gasteiger partial charge in [0.15, 0.2) is 0 Å². The predicted molar refractivity (Wildman–Crippen MR) is 73.4 cm³/mol. The van der Waals surface area contributed by atoms with Crippen molar-refractivity contribution in [3.05, 3.63) is 17.5 Å². The molecule has 0 radical (unpaired) electrons. The molecule has 1 aliphatic carbocycles. The number of amides is 1. The highest BCUT2D eigenvalue weighted by Gasteiger charge is 2.33. The molecule has 1 aromatic rings. The zero-order valence-corrected chi connectivity index (χ0v) is 11.5. The molecule has 0 aromatic carbocycles. The standard InChI is InChI=1S/C12H18N4OS/c1-8-7-10(15(2)14-8)12(17)16(9-3-4-9)6-5-11(13)18/h7,9H,3-6H2,1-2H3,(H2,13,18). The number of carbonyl (C=O) groups excluding carboxylic acids is 1. The molecule has 1 heterocycles. The lowest BCUT2D eigenvalue weighted by molar-refractivity contribution is 0.0737. The van der Waals surface area contributed by atoms with Gasteiger partial charge in [-0.1, -0.05) is 12.2 Å². The van der Waals surface area contributed by atoms with E-state index in [2.05, 4.69) is 5.10 Å². The number of nitrogens with two attached hydrogens (primary N) is 1. The van der Waals surface area contributed by atoms with Gasteiger partial charge in [0.05, 0.1) is 10.7 Å². The van der Waals surface area contributed by atoms with E-state index in [-0.39, 0.29) is 5.91 Å². The first-order valence-electron chi connectivity index (χ1n) is 6.09. The summed E-state index contributed by atoms with van der Waals surface area (Å²) in [6.45, 7) is 2.48. The van der Waals surface area contributed by atoms with Crippen molar-refractivity contribution in [2.24, 2.45) is 12.8 Å². The van der Waals surface area contributed by atoms with Crippen LogP contribution in [-0.4, -0.2) is 38.2 Å². The number of hydrogen-bond donors (Lipinski definition) is 1. The fraction of sp³-hybridized carbons (Fsp3) is 0.583. The van der Waals surface area contributed by atoms with Gasteiger partial charge in [0.1, 0.15) is 5.69 Å². The minimum atomic E-state index is 0.0249. The molecule has 0 saturated heterocycles. The van der Waals surface area contributed by atoms with Crippen LogP contribution in [0.3, 0.4) is 0 Å². The fourth-order valence-corrected chi connectivity index (χ4v) is 2.12. The quantitative estimate of drug-likeness (QED) is 0.808. The Kier molecular flexibility index (Phi) is 3.65. The number of thiocarbonyl (C=S) groups is 1. The van der Waals surface area contributed by atoms with Crippen LogP contribution >= 0.6 is 12.2 Å². The summed E-state index contributed by atoms with van der Waals surface area (Å²) < 4.78 is 1.63. The molecule has 1 saturated carbocycles. The van der Waals surface area contributed by atoms with Crippen LogP contribution < -0.4 is 5.73 Å². The summed E-state index contributed by atoms with van der Waals surface area (Å²) in [5.41, 5.74) is 6.99. The molecule has 0 aliphatic heterocycles. The molecule has 2 rings (SSSR count). The first kappa shape index (κ1) is 13.0. The van der Waals surface area contributed by atoms with E-state index >= 15 is 0 Å². The molecule has 5 nitrogen and oxygen atoms in total. The van der Waals surface area contributed by atoms with Crippen LogP contribution in [-0.2, 0) is 7.05 Å². The van der Waals surface area contributed by atoms with Crippen molar-refractivity contribution in [1.82, 2.24) is 14.7 Å². The fourth-order valence-electron chi connectivity index (χ4n) is 2.02. The van der Waals surface area contributed by atoms with Crippen LogP contribution in [0.25, 0.3) is 0 Å². The van der Waals surface area contributed by atoms with E-state index in [1.54, 1.807) is 11.7 Å². The van der Waals surface area contributed by atoms with E-state index in [1.807, 2.05) is 17.9 Å². The Hall–Kier alpha value is -1.43. The molecule has 1 aromatic heterocycles. The third-order valence-electron chi connectivity index (χ3n) is 3.07. The molecule has 0 unspecified atom stereocenters. The molecule has 0 bridgehead atoms. The van der Waals surface area contributed by atoms with Gasteiger partial charge in [-0.15, -0.1) is 0 Å². The number of aryl methyl sites for hydroxylation is 2. The number of hydrogen-bond acceptors (Lipinski definition) is 3. The van der Waals surface area contributed by atoms with Crippen LogP contribution in [0.2, 0.25) is 0 Å². The second-order valence-electron chi connectivity index (χ2n) is 4.74. The van der Waals surface area contributed by atoms with Gasteiger partial charge in [0.25, 0.3) is 5.91 Å². The lowest BCUT2D eigenvalue weighted by Crippen LogP contribution is -2.36. The number of rotatable bonds is 5. The van der Waals surface area contributed by atoms with Gasteiger partial charge >= 0.3 is 0 Å². The average Bonchev–Trinajstić information content (AvgIpc) is 3.04. The van der Waals surface area contributed by atoms with E-state index in [1.165, 1.54) is 0 Å². The summed E-state index contributed by atoms with van der Waals surface area (Å²) in [6, 6.07) is 2.17. The smallest absolute Gasteiger partial charge is 0.272 e. The largest absolute Gasteiger partial charge is 0.393 e. The highest BCUT2D eigenvalue weighted by Crippen LogP contribution is 2.28. The zero-order valence-electron chi connectivity index (χ0n) is 10.7. The third-order valence-corrected chi connectivity index (χ3v) is 3.27. The number of nitrogens with zero attached hydrogens (tertiary/aromatic N) is 3. The van der Waals surface area contributed by atoms with Gasteiger partial charge in [-0.05, 0) is 25.8 Å². The van der Waals surface area contributed by atoms with Crippen molar-refractivity contribution in [2.75, 3.05) is 6.54 Å². The second-order valence-corrected chi connectivity index (χ2v) is 5.26. The normalized spacial score (nSPS) is 14.6. The summed E-state index contributed by atoms with van der Waals surface area (Å²) in [6.07, 6.45) is 2.72. The number of carbonyl (C=O) groups is 1. The van der Waals surface area contributed by atoms with Crippen LogP contribution in [0.5, 0.6) is 0 Å². The predicted octanol–water partition coefficient (Wildman–Crippen LogP) is 1.01. The van der Waals surface area contributed by atoms with Gasteiger partial charge in [0, 0.05) is 26.1 Å². The Morgan fingerprint density at radius 2 is 2.33 bits per heavy atom. The highest BCUT2D eigenvalue weighted by atomic mass is 32.1. The zero-order chi connectivity index (χ0) is 13.3. The molecule has 98 valence electrons. The average molecular weight is 266 g/mol. The number of aromatic nitrogens is 2. The SMILES string of the molecule is Cc1cc(C(=O)N(CCC(N)=S)C2CC2)n(C)n1. The molecule has 1 fully saturated rings. The summed E-state index contributed by atoms with van der Waals surface area (Å²) >= 11 is 4.88. The monoisotopic (exact) mass is 266 g/mol. The van der Waals surface area contributed by atoms with E-state index in [9.17, 15) is 4.79 Å². The van der Waals surface area contributed by atoms with Crippen molar-refractivity contribution in [1.29, 1.82) is 0 Å². The first-order valence-corrected chi connectivity index (χ1v) is 6.50. The summed E-state index contributed by atoms with van der Waals surface area (Å²) in [5, 5.41) is 4.21. The molecule has 18 heavy (non-hydrogen) atoms. The lowest BCUT2D eigenvalue weighted by Gasteiger charge is -2.22. The maximum atomic E-state index is 12.5. The minimum Gasteiger partial charge on any atom is -0.393 e. The van der Waals surface area contributed by atoms with E-state index < -0.39 is 0 Å². The van der Waals surface area contributed by atoms with Crippen molar-refractivity contribution in [3.63, 3.8) is 0 Å². The van der Waals surface area contributed by atoms with Gasteiger partial charge in [-0.3, -0.25) is 9.48 Å². The molecular formula is C12H18N4OS. The maximum absolute atomic E-state index is 12.5. The molecule has 0 atom stereocenters. The van der Waals surface area contributed by atoms with Gasteiger partial charge < -0.3 is 10.6 Å². The Balaban J connectivity index is 2.12. The Bertz CT molecular complexity index is 478. The first-order chi connectivity index (χ1) is 8.49. The third kappa shape index (κ3) is 2.87. The highest BCUT2D eigenvalue weighted by molar-refractivity contribution is 7.80. The van der Waals surface area contributed by atoms with E-state index in [4.69, 9.17) is 18.0 Å². The van der Waals surface area contributed by atoms with Gasteiger partial charge in [-0.2, -0.15) is 5.10 Å². The van der Waals surface area contributed by atoms with Crippen molar-refractivity contribution in [2.45, 2.75) is 32.2 Å². The van der Waals surface area contributed by atoms with Crippen molar-refractivity contribution in [3.8, 4) is 0 Å². The Morgan fingerprint density at radius 3 is 2.78 bits per heavy atom. The van der Waals surface area contributed by atoms with Gasteiger partial charge in [-0.25, -0.2) is 0 Å². The Labute approximate surface area is 112 Å². The Morgan fingerprint density at radius 1 is 1.67 bits per heavy atom. The van der Waals surface area contributed by atoms with E-state index in [0.717, 1.165) is 18.5 Å². The molecule has 1 aliphatic rings. The van der Waals surface area contributed by atoms with E-state index in [0.29, 0.717) is 29.7 Å². The van der Waals surface area contributed by atoms with Crippen LogP contribution in [0.4, 0.5) is 0 Å². The molecule has 2 N–H and O–H groups in total. The molecule has 6 heteroatoms. The van der Waals surface area contributed by atoms with Gasteiger partial charge in [0.2, 0.25) is 0 Å². The molecular weight excluding hydrogens is 248 g/mol. The summed E-state index contributed by atoms with van der Waals surface area (Å²) in [4.78, 5) is 14.8.